The van der Waals surface area contributed by atoms with Gasteiger partial charge in [-0.1, -0.05) is 6.07 Å². The maximum Gasteiger partial charge on any atom is 0.101 e. The van der Waals surface area contributed by atoms with Gasteiger partial charge in [0.25, 0.3) is 0 Å². The summed E-state index contributed by atoms with van der Waals surface area (Å²) < 4.78 is 0. The van der Waals surface area contributed by atoms with Gasteiger partial charge in [0.05, 0.1) is 17.9 Å². The first-order chi connectivity index (χ1) is 9.15. The van der Waals surface area contributed by atoms with Crippen LogP contribution in [0.4, 0.5) is 5.69 Å². The Labute approximate surface area is 114 Å². The third-order valence-corrected chi connectivity index (χ3v) is 3.98. The van der Waals surface area contributed by atoms with Gasteiger partial charge in [-0.3, -0.25) is 0 Å². The van der Waals surface area contributed by atoms with Gasteiger partial charge in [0.15, 0.2) is 0 Å². The van der Waals surface area contributed by atoms with Gasteiger partial charge in [-0.15, -0.1) is 0 Å². The van der Waals surface area contributed by atoms with E-state index in [0.717, 1.165) is 37.2 Å². The van der Waals surface area contributed by atoms with Crippen LogP contribution in [-0.2, 0) is 6.61 Å². The summed E-state index contributed by atoms with van der Waals surface area (Å²) in [6.45, 7) is 2.18. The Balaban J connectivity index is 2.19. The molecule has 1 heterocycles. The molecule has 2 rings (SSSR count). The van der Waals surface area contributed by atoms with Crippen molar-refractivity contribution in [1.82, 2.24) is 4.90 Å². The lowest BCUT2D eigenvalue weighted by Gasteiger charge is -2.36. The number of hydrogen-bond donors (Lipinski definition) is 1. The molecule has 0 saturated carbocycles. The van der Waals surface area contributed by atoms with Crippen molar-refractivity contribution in [1.29, 1.82) is 5.26 Å². The second-order valence-corrected chi connectivity index (χ2v) is 5.27. The quantitative estimate of drug-likeness (QED) is 0.895. The average molecular weight is 259 g/mol. The summed E-state index contributed by atoms with van der Waals surface area (Å²) in [7, 11) is 4.21. The highest BCUT2D eigenvalue weighted by molar-refractivity contribution is 5.60. The van der Waals surface area contributed by atoms with Crippen LogP contribution in [0, 0.1) is 11.3 Å². The zero-order valence-corrected chi connectivity index (χ0v) is 11.6. The predicted octanol–water partition coefficient (Wildman–Crippen LogP) is 1.58. The van der Waals surface area contributed by atoms with Gasteiger partial charge in [0, 0.05) is 13.1 Å². The van der Waals surface area contributed by atoms with Gasteiger partial charge in [-0.2, -0.15) is 5.26 Å². The van der Waals surface area contributed by atoms with Crippen LogP contribution < -0.4 is 4.90 Å². The summed E-state index contributed by atoms with van der Waals surface area (Å²) in [6.07, 6.45) is 2.25. The summed E-state index contributed by atoms with van der Waals surface area (Å²) in [5, 5.41) is 18.4. The smallest absolute Gasteiger partial charge is 0.101 e. The standard InChI is InChI=1S/C15H21N3O/c1-17-7-5-14(6-8-17)18(2)15-4-3-12(11-19)9-13(15)10-16/h3-4,9,14,19H,5-8,11H2,1-2H3. The highest BCUT2D eigenvalue weighted by Crippen LogP contribution is 2.26. The first kappa shape index (κ1) is 13.9. The van der Waals surface area contributed by atoms with E-state index in [4.69, 9.17) is 5.11 Å². The van der Waals surface area contributed by atoms with Crippen LogP contribution in [0.1, 0.15) is 24.0 Å². The molecule has 1 fully saturated rings. The molecule has 1 aliphatic heterocycles. The molecule has 1 N–H and O–H groups in total. The van der Waals surface area contributed by atoms with E-state index in [-0.39, 0.29) is 6.61 Å². The Kier molecular flexibility index (Phi) is 4.41. The third kappa shape index (κ3) is 3.06. The lowest BCUT2D eigenvalue weighted by atomic mass is 10.0. The third-order valence-electron chi connectivity index (χ3n) is 3.98. The molecule has 19 heavy (non-hydrogen) atoms. The van der Waals surface area contributed by atoms with Crippen LogP contribution in [-0.4, -0.2) is 43.2 Å². The highest BCUT2D eigenvalue weighted by atomic mass is 16.3. The molecule has 1 aliphatic rings. The minimum atomic E-state index is -0.0209. The molecule has 0 aliphatic carbocycles. The van der Waals surface area contributed by atoms with Crippen molar-refractivity contribution < 1.29 is 5.11 Å². The van der Waals surface area contributed by atoms with Gasteiger partial charge in [0.2, 0.25) is 0 Å². The number of likely N-dealkylation sites (tertiary alicyclic amines) is 1. The number of aliphatic hydroxyl groups excluding tert-OH is 1. The lowest BCUT2D eigenvalue weighted by molar-refractivity contribution is 0.253. The molecule has 0 amide bonds. The Morgan fingerprint density at radius 3 is 2.68 bits per heavy atom. The van der Waals surface area contributed by atoms with Gasteiger partial charge in [-0.25, -0.2) is 0 Å². The Morgan fingerprint density at radius 1 is 1.42 bits per heavy atom. The summed E-state index contributed by atoms with van der Waals surface area (Å²) in [5.41, 5.74) is 2.40. The van der Waals surface area contributed by atoms with Crippen LogP contribution in [0.25, 0.3) is 0 Å². The second-order valence-electron chi connectivity index (χ2n) is 5.27. The van der Waals surface area contributed by atoms with Crippen molar-refractivity contribution in [2.24, 2.45) is 0 Å². The van der Waals surface area contributed by atoms with Crippen LogP contribution in [0.3, 0.4) is 0 Å². The minimum absolute atomic E-state index is 0.0209. The van der Waals surface area contributed by atoms with E-state index in [1.165, 1.54) is 0 Å². The molecule has 0 radical (unpaired) electrons. The maximum absolute atomic E-state index is 9.26. The zero-order chi connectivity index (χ0) is 13.8. The second kappa shape index (κ2) is 6.05. The molecular weight excluding hydrogens is 238 g/mol. The van der Waals surface area contributed by atoms with Crippen LogP contribution in [0.15, 0.2) is 18.2 Å². The SMILES string of the molecule is CN1CCC(N(C)c2ccc(CO)cc2C#N)CC1. The predicted molar refractivity (Wildman–Crippen MR) is 76.0 cm³/mol. The van der Waals surface area contributed by atoms with E-state index < -0.39 is 0 Å². The lowest BCUT2D eigenvalue weighted by Crippen LogP contribution is -2.42. The number of nitriles is 1. The van der Waals surface area contributed by atoms with Gasteiger partial charge in [0.1, 0.15) is 6.07 Å². The summed E-state index contributed by atoms with van der Waals surface area (Å²) >= 11 is 0. The number of aliphatic hydroxyl groups is 1. The normalized spacial score (nSPS) is 17.2. The molecule has 0 spiro atoms. The van der Waals surface area contributed by atoms with E-state index in [1.807, 2.05) is 12.1 Å². The number of anilines is 1. The van der Waals surface area contributed by atoms with Crippen LogP contribution in [0.5, 0.6) is 0 Å². The summed E-state index contributed by atoms with van der Waals surface area (Å²) in [6, 6.07) is 8.34. The van der Waals surface area contributed by atoms with Crippen molar-refractivity contribution in [2.45, 2.75) is 25.5 Å². The van der Waals surface area contributed by atoms with Gasteiger partial charge >= 0.3 is 0 Å². The van der Waals surface area contributed by atoms with Crippen LogP contribution in [0.2, 0.25) is 0 Å². The number of rotatable bonds is 3. The average Bonchev–Trinajstić information content (AvgIpc) is 2.46. The van der Waals surface area contributed by atoms with E-state index in [9.17, 15) is 5.26 Å². The first-order valence-electron chi connectivity index (χ1n) is 6.71. The van der Waals surface area contributed by atoms with Gasteiger partial charge < -0.3 is 14.9 Å². The van der Waals surface area contributed by atoms with Crippen molar-refractivity contribution in [2.75, 3.05) is 32.1 Å². The number of hydrogen-bond acceptors (Lipinski definition) is 4. The van der Waals surface area contributed by atoms with E-state index in [1.54, 1.807) is 6.07 Å². The molecule has 0 bridgehead atoms. The minimum Gasteiger partial charge on any atom is -0.392 e. The van der Waals surface area contributed by atoms with E-state index in [0.29, 0.717) is 11.6 Å². The molecule has 4 nitrogen and oxygen atoms in total. The van der Waals surface area contributed by atoms with E-state index >= 15 is 0 Å². The van der Waals surface area contributed by atoms with Crippen molar-refractivity contribution in [3.8, 4) is 6.07 Å². The molecule has 4 heteroatoms. The fraction of sp³-hybridized carbons (Fsp3) is 0.533. The Bertz CT molecular complexity index is 473. The fourth-order valence-corrected chi connectivity index (χ4v) is 2.66. The largest absolute Gasteiger partial charge is 0.392 e. The molecule has 0 aromatic heterocycles. The molecule has 1 aromatic rings. The molecule has 1 saturated heterocycles. The first-order valence-corrected chi connectivity index (χ1v) is 6.71. The molecule has 0 atom stereocenters. The molecule has 102 valence electrons. The fourth-order valence-electron chi connectivity index (χ4n) is 2.66. The Hall–Kier alpha value is -1.57. The van der Waals surface area contributed by atoms with Gasteiger partial charge in [-0.05, 0) is 50.7 Å². The van der Waals surface area contributed by atoms with Crippen molar-refractivity contribution >= 4 is 5.69 Å². The molecule has 0 unspecified atom stereocenters. The molecule has 1 aromatic carbocycles. The summed E-state index contributed by atoms with van der Waals surface area (Å²) in [4.78, 5) is 4.55. The zero-order valence-electron chi connectivity index (χ0n) is 11.6. The monoisotopic (exact) mass is 259 g/mol. The maximum atomic E-state index is 9.26. The highest BCUT2D eigenvalue weighted by Gasteiger charge is 2.22. The summed E-state index contributed by atoms with van der Waals surface area (Å²) in [5.74, 6) is 0. The molecular formula is C15H21N3O. The number of nitrogens with zero attached hydrogens (tertiary/aromatic N) is 3. The van der Waals surface area contributed by atoms with Crippen molar-refractivity contribution in [3.63, 3.8) is 0 Å². The topological polar surface area (TPSA) is 50.5 Å². The van der Waals surface area contributed by atoms with E-state index in [2.05, 4.69) is 30.0 Å². The van der Waals surface area contributed by atoms with Crippen molar-refractivity contribution in [3.05, 3.63) is 29.3 Å². The number of piperidine rings is 1. The Morgan fingerprint density at radius 2 is 2.11 bits per heavy atom. The van der Waals surface area contributed by atoms with Crippen LogP contribution >= 0.6 is 0 Å². The number of benzene rings is 1.